The summed E-state index contributed by atoms with van der Waals surface area (Å²) in [5, 5.41) is 21.1. The van der Waals surface area contributed by atoms with Crippen LogP contribution in [0.4, 0.5) is 0 Å². The van der Waals surface area contributed by atoms with Crippen molar-refractivity contribution in [3.63, 3.8) is 0 Å². The first-order valence-corrected chi connectivity index (χ1v) is 12.0. The summed E-state index contributed by atoms with van der Waals surface area (Å²) in [6.07, 6.45) is 0.174. The third-order valence-corrected chi connectivity index (χ3v) is 9.21. The number of hydrogen-bond donors (Lipinski definition) is 2. The van der Waals surface area contributed by atoms with E-state index in [4.69, 9.17) is 0 Å². The molecular weight excluding hydrogens is 444 g/mol. The molecule has 3 heterocycles. The molecule has 0 radical (unpaired) electrons. The summed E-state index contributed by atoms with van der Waals surface area (Å²) in [5.74, 6) is -1.17. The van der Waals surface area contributed by atoms with Crippen molar-refractivity contribution in [3.05, 3.63) is 40.9 Å². The van der Waals surface area contributed by atoms with Crippen LogP contribution in [0, 0.1) is 6.92 Å². The van der Waals surface area contributed by atoms with Crippen molar-refractivity contribution in [2.75, 3.05) is 5.75 Å². The van der Waals surface area contributed by atoms with E-state index in [2.05, 4.69) is 15.5 Å². The maximum atomic E-state index is 12.7. The molecule has 2 saturated heterocycles. The van der Waals surface area contributed by atoms with Crippen molar-refractivity contribution in [2.24, 2.45) is 0 Å². The fourth-order valence-electron chi connectivity index (χ4n) is 3.69. The van der Waals surface area contributed by atoms with Gasteiger partial charge in [0.05, 0.1) is 11.2 Å². The van der Waals surface area contributed by atoms with E-state index in [1.54, 1.807) is 0 Å². The number of aliphatic carboxylic acids is 1. The van der Waals surface area contributed by atoms with Gasteiger partial charge in [0, 0.05) is 5.75 Å². The quantitative estimate of drug-likeness (QED) is 0.471. The number of aromatic nitrogens is 2. The number of thioether (sulfide) groups is 2. The van der Waals surface area contributed by atoms with Gasteiger partial charge in [-0.05, 0) is 19.4 Å². The van der Waals surface area contributed by atoms with Crippen molar-refractivity contribution in [2.45, 2.75) is 46.8 Å². The topological polar surface area (TPSA) is 112 Å². The van der Waals surface area contributed by atoms with Gasteiger partial charge >= 0.3 is 5.97 Å². The summed E-state index contributed by atoms with van der Waals surface area (Å²) in [6.45, 7) is 3.72. The lowest BCUT2D eigenvalue weighted by atomic mass is 9.95. The van der Waals surface area contributed by atoms with Crippen LogP contribution in [-0.2, 0) is 20.8 Å². The monoisotopic (exact) mass is 464 g/mol. The molecule has 30 heavy (non-hydrogen) atoms. The van der Waals surface area contributed by atoms with Gasteiger partial charge in [-0.2, -0.15) is 0 Å². The third-order valence-electron chi connectivity index (χ3n) is 5.07. The van der Waals surface area contributed by atoms with Crippen LogP contribution in [0.5, 0.6) is 0 Å². The number of nitrogens with one attached hydrogen (secondary N) is 1. The van der Waals surface area contributed by atoms with E-state index in [0.717, 1.165) is 14.9 Å². The van der Waals surface area contributed by atoms with Crippen molar-refractivity contribution < 1.29 is 19.5 Å². The number of aryl methyl sites for hydroxylation is 1. The summed E-state index contributed by atoms with van der Waals surface area (Å²) in [5.41, 5.74) is 0.856. The molecule has 4 rings (SSSR count). The lowest BCUT2D eigenvalue weighted by Gasteiger charge is -2.43. The highest BCUT2D eigenvalue weighted by molar-refractivity contribution is 8.05. The van der Waals surface area contributed by atoms with E-state index < -0.39 is 22.8 Å². The maximum absolute atomic E-state index is 12.7. The van der Waals surface area contributed by atoms with Crippen molar-refractivity contribution in [3.8, 4) is 0 Å². The predicted molar refractivity (Wildman–Crippen MR) is 116 cm³/mol. The summed E-state index contributed by atoms with van der Waals surface area (Å²) < 4.78 is 0.0572. The molecule has 0 saturated carbocycles. The van der Waals surface area contributed by atoms with Crippen molar-refractivity contribution in [1.82, 2.24) is 20.4 Å². The Morgan fingerprint density at radius 3 is 2.67 bits per heavy atom. The number of β-lactam (4-membered cyclic amide) rings is 1. The molecule has 2 aliphatic heterocycles. The number of nitrogens with zero attached hydrogens (tertiary/aromatic N) is 3. The number of carbonyl (C=O) groups excluding carboxylic acids is 2. The predicted octanol–water partition coefficient (Wildman–Crippen LogP) is 1.79. The molecule has 1 aromatic heterocycles. The first-order valence-electron chi connectivity index (χ1n) is 9.27. The van der Waals surface area contributed by atoms with E-state index in [1.165, 1.54) is 39.8 Å². The Labute approximate surface area is 185 Å². The van der Waals surface area contributed by atoms with Crippen LogP contribution in [0.3, 0.4) is 0 Å². The minimum atomic E-state index is -1.04. The second-order valence-corrected chi connectivity index (χ2v) is 11.4. The molecular formula is C19H20N4O4S3. The summed E-state index contributed by atoms with van der Waals surface area (Å²) in [6, 6.07) is 7.62. The van der Waals surface area contributed by atoms with E-state index >= 15 is 0 Å². The SMILES string of the molecule is Cc1nnc(SCC2(C)SC3C(NC(=O)Cc4ccccc4)C(=O)N3C2C(=O)O)s1. The van der Waals surface area contributed by atoms with E-state index in [9.17, 15) is 19.5 Å². The zero-order valence-electron chi connectivity index (χ0n) is 16.3. The standard InChI is InChI=1S/C19H20N4O4S3/c1-10-21-22-18(29-10)28-9-19(2)14(17(26)27)23-15(25)13(16(23)30-19)20-12(24)8-11-6-4-3-5-7-11/h3-7,13-14,16H,8-9H2,1-2H3,(H,20,24)(H,26,27). The van der Waals surface area contributed by atoms with Gasteiger partial charge < -0.3 is 15.3 Å². The molecule has 11 heteroatoms. The number of carbonyl (C=O) groups is 3. The van der Waals surface area contributed by atoms with Crippen molar-refractivity contribution >= 4 is 52.6 Å². The molecule has 2 aromatic rings. The van der Waals surface area contributed by atoms with Gasteiger partial charge in [0.1, 0.15) is 22.5 Å². The van der Waals surface area contributed by atoms with Gasteiger partial charge in [-0.25, -0.2) is 4.79 Å². The molecule has 4 atom stereocenters. The molecule has 2 aliphatic rings. The Kier molecular flexibility index (Phi) is 5.78. The fourth-order valence-corrected chi connectivity index (χ4v) is 7.55. The largest absolute Gasteiger partial charge is 0.480 e. The molecule has 2 amide bonds. The lowest BCUT2D eigenvalue weighted by Crippen LogP contribution is -2.70. The molecule has 0 spiro atoms. The van der Waals surface area contributed by atoms with Gasteiger partial charge in [-0.1, -0.05) is 53.4 Å². The zero-order valence-corrected chi connectivity index (χ0v) is 18.7. The number of fused-ring (bicyclic) bond motifs is 1. The van der Waals surface area contributed by atoms with Crippen LogP contribution < -0.4 is 5.32 Å². The lowest BCUT2D eigenvalue weighted by molar-refractivity contribution is -0.161. The Balaban J connectivity index is 1.44. The Morgan fingerprint density at radius 1 is 1.30 bits per heavy atom. The molecule has 0 aliphatic carbocycles. The average molecular weight is 465 g/mol. The maximum Gasteiger partial charge on any atom is 0.327 e. The highest BCUT2D eigenvalue weighted by Gasteiger charge is 2.65. The molecule has 2 N–H and O–H groups in total. The minimum absolute atomic E-state index is 0.174. The van der Waals surface area contributed by atoms with Gasteiger partial charge in [-0.3, -0.25) is 9.59 Å². The van der Waals surface area contributed by atoms with Crippen molar-refractivity contribution in [1.29, 1.82) is 0 Å². The number of carboxylic acids is 1. The fraction of sp³-hybridized carbons (Fsp3) is 0.421. The normalized spacial score (nSPS) is 27.5. The van der Waals surface area contributed by atoms with Crippen LogP contribution in [0.2, 0.25) is 0 Å². The molecule has 1 aromatic carbocycles. The molecule has 0 bridgehead atoms. The Hall–Kier alpha value is -2.11. The number of amides is 2. The number of carboxylic acid groups (broad SMARTS) is 1. The first kappa shape index (κ1) is 21.1. The van der Waals surface area contributed by atoms with Crippen LogP contribution in [-0.4, -0.2) is 65.9 Å². The van der Waals surface area contributed by atoms with Crippen LogP contribution in [0.15, 0.2) is 34.7 Å². The average Bonchev–Trinajstić information content (AvgIpc) is 3.25. The van der Waals surface area contributed by atoms with E-state index in [1.807, 2.05) is 44.2 Å². The number of rotatable bonds is 7. The van der Waals surface area contributed by atoms with Gasteiger partial charge in [0.25, 0.3) is 0 Å². The smallest absolute Gasteiger partial charge is 0.327 e. The van der Waals surface area contributed by atoms with Gasteiger partial charge in [0.15, 0.2) is 4.34 Å². The molecule has 4 unspecified atom stereocenters. The Bertz CT molecular complexity index is 985. The number of hydrogen-bond acceptors (Lipinski definition) is 8. The van der Waals surface area contributed by atoms with Gasteiger partial charge in [-0.15, -0.1) is 22.0 Å². The summed E-state index contributed by atoms with van der Waals surface area (Å²) >= 11 is 4.33. The third kappa shape index (κ3) is 3.93. The van der Waals surface area contributed by atoms with Crippen LogP contribution >= 0.6 is 34.9 Å². The van der Waals surface area contributed by atoms with Gasteiger partial charge in [0.2, 0.25) is 11.8 Å². The second kappa shape index (κ2) is 8.20. The zero-order chi connectivity index (χ0) is 21.5. The molecule has 8 nitrogen and oxygen atoms in total. The molecule has 2 fully saturated rings. The summed E-state index contributed by atoms with van der Waals surface area (Å²) in [4.78, 5) is 38.5. The summed E-state index contributed by atoms with van der Waals surface area (Å²) in [7, 11) is 0. The van der Waals surface area contributed by atoms with Crippen LogP contribution in [0.25, 0.3) is 0 Å². The van der Waals surface area contributed by atoms with E-state index in [0.29, 0.717) is 5.75 Å². The highest BCUT2D eigenvalue weighted by atomic mass is 32.2. The Morgan fingerprint density at radius 2 is 2.03 bits per heavy atom. The first-order chi connectivity index (χ1) is 14.3. The van der Waals surface area contributed by atoms with Crippen LogP contribution in [0.1, 0.15) is 17.5 Å². The molecule has 158 valence electrons. The van der Waals surface area contributed by atoms with E-state index in [-0.39, 0.29) is 23.6 Å². The highest BCUT2D eigenvalue weighted by Crippen LogP contribution is 2.52. The minimum Gasteiger partial charge on any atom is -0.480 e. The number of benzene rings is 1. The second-order valence-electron chi connectivity index (χ2n) is 7.39.